The Balaban J connectivity index is 1.71. The van der Waals surface area contributed by atoms with Crippen molar-refractivity contribution < 1.29 is 4.79 Å². The predicted octanol–water partition coefficient (Wildman–Crippen LogP) is 3.48. The van der Waals surface area contributed by atoms with Crippen LogP contribution in [0.25, 0.3) is 11.4 Å². The molecule has 0 aliphatic carbocycles. The fraction of sp³-hybridized carbons (Fsp3) is 0.125. The molecular weight excluding hydrogens is 395 g/mol. The number of benzene rings is 1. The number of nitrogens with two attached hydrogens (primary N) is 1. The number of hydrogen-bond donors (Lipinski definition) is 2. The van der Waals surface area contributed by atoms with Crippen molar-refractivity contribution in [3.8, 4) is 11.4 Å². The fourth-order valence-corrected chi connectivity index (χ4v) is 3.31. The molecule has 0 aliphatic heterocycles. The van der Waals surface area contributed by atoms with Gasteiger partial charge in [0, 0.05) is 23.0 Å². The van der Waals surface area contributed by atoms with Crippen LogP contribution in [0.4, 0.5) is 5.69 Å². The number of nitrogen functional groups attached to an aromatic ring is 1. The summed E-state index contributed by atoms with van der Waals surface area (Å²) in [6.45, 7) is 1.74. The first kappa shape index (κ1) is 18.5. The van der Waals surface area contributed by atoms with Crippen molar-refractivity contribution in [2.24, 2.45) is 0 Å². The van der Waals surface area contributed by atoms with Crippen LogP contribution >= 0.6 is 35.0 Å². The van der Waals surface area contributed by atoms with Crippen molar-refractivity contribution in [1.82, 2.24) is 19.9 Å². The number of halogens is 2. The third-order valence-corrected chi connectivity index (χ3v) is 5.03. The second-order valence-electron chi connectivity index (χ2n) is 5.29. The Labute approximate surface area is 163 Å². The highest BCUT2D eigenvalue weighted by Gasteiger charge is 2.20. The lowest BCUT2D eigenvalue weighted by Crippen LogP contribution is -2.23. The van der Waals surface area contributed by atoms with Crippen LogP contribution in [0.5, 0.6) is 0 Å². The summed E-state index contributed by atoms with van der Waals surface area (Å²) in [6, 6.07) is 8.47. The highest BCUT2D eigenvalue weighted by molar-refractivity contribution is 8.00. The fourth-order valence-electron chi connectivity index (χ4n) is 2.09. The van der Waals surface area contributed by atoms with E-state index in [9.17, 15) is 4.79 Å². The molecule has 0 saturated heterocycles. The zero-order chi connectivity index (χ0) is 18.7. The van der Waals surface area contributed by atoms with E-state index in [1.165, 1.54) is 16.4 Å². The van der Waals surface area contributed by atoms with Crippen LogP contribution in [-0.4, -0.2) is 31.0 Å². The van der Waals surface area contributed by atoms with Crippen LogP contribution in [0.1, 0.15) is 6.92 Å². The van der Waals surface area contributed by atoms with Crippen molar-refractivity contribution in [2.75, 3.05) is 11.2 Å². The highest BCUT2D eigenvalue weighted by atomic mass is 35.5. The molecule has 1 aromatic carbocycles. The lowest BCUT2D eigenvalue weighted by molar-refractivity contribution is -0.115. The van der Waals surface area contributed by atoms with Gasteiger partial charge in [-0.3, -0.25) is 9.78 Å². The maximum Gasteiger partial charge on any atom is 0.237 e. The molecule has 134 valence electrons. The number of thioether (sulfide) groups is 1. The van der Waals surface area contributed by atoms with E-state index in [0.29, 0.717) is 26.7 Å². The molecule has 0 radical (unpaired) electrons. The number of anilines is 1. The van der Waals surface area contributed by atoms with Gasteiger partial charge in [0.1, 0.15) is 0 Å². The third-order valence-electron chi connectivity index (χ3n) is 3.42. The third kappa shape index (κ3) is 4.09. The summed E-state index contributed by atoms with van der Waals surface area (Å²) in [6.07, 6.45) is 3.30. The van der Waals surface area contributed by atoms with E-state index in [-0.39, 0.29) is 5.91 Å². The Kier molecular flexibility index (Phi) is 5.65. The van der Waals surface area contributed by atoms with Gasteiger partial charge in [-0.15, -0.1) is 10.2 Å². The average Bonchev–Trinajstić information content (AvgIpc) is 2.98. The minimum absolute atomic E-state index is 0.245. The molecule has 2 heterocycles. The van der Waals surface area contributed by atoms with Gasteiger partial charge in [-0.05, 0) is 37.3 Å². The highest BCUT2D eigenvalue weighted by Crippen LogP contribution is 2.28. The number of nitrogens with one attached hydrogen (secondary N) is 1. The molecule has 0 spiro atoms. The van der Waals surface area contributed by atoms with Crippen LogP contribution in [0.3, 0.4) is 0 Å². The summed E-state index contributed by atoms with van der Waals surface area (Å²) >= 11 is 13.1. The number of carbonyl (C=O) groups is 1. The van der Waals surface area contributed by atoms with Crippen molar-refractivity contribution in [2.45, 2.75) is 17.3 Å². The molecule has 0 bridgehead atoms. The second kappa shape index (κ2) is 7.94. The van der Waals surface area contributed by atoms with Gasteiger partial charge in [-0.1, -0.05) is 35.0 Å². The molecule has 0 aliphatic rings. The molecule has 26 heavy (non-hydrogen) atoms. The Morgan fingerprint density at radius 1 is 1.31 bits per heavy atom. The van der Waals surface area contributed by atoms with E-state index in [1.807, 2.05) is 6.07 Å². The summed E-state index contributed by atoms with van der Waals surface area (Å²) in [5, 5.41) is 11.7. The molecule has 1 amide bonds. The van der Waals surface area contributed by atoms with Crippen molar-refractivity contribution in [3.63, 3.8) is 0 Å². The topological polar surface area (TPSA) is 98.7 Å². The number of amides is 1. The Morgan fingerprint density at radius 2 is 2.12 bits per heavy atom. The Hall–Kier alpha value is -2.29. The first-order valence-corrected chi connectivity index (χ1v) is 9.12. The minimum Gasteiger partial charge on any atom is -0.335 e. The number of pyridine rings is 1. The van der Waals surface area contributed by atoms with Crippen LogP contribution in [-0.2, 0) is 4.79 Å². The van der Waals surface area contributed by atoms with Crippen LogP contribution in [0.2, 0.25) is 10.0 Å². The van der Waals surface area contributed by atoms with Gasteiger partial charge in [0.05, 0.1) is 16.0 Å². The number of hydrogen-bond acceptors (Lipinski definition) is 6. The molecule has 7 nitrogen and oxygen atoms in total. The lowest BCUT2D eigenvalue weighted by Gasteiger charge is -2.12. The van der Waals surface area contributed by atoms with E-state index in [1.54, 1.807) is 43.6 Å². The normalized spacial score (nSPS) is 12.0. The van der Waals surface area contributed by atoms with Crippen LogP contribution < -0.4 is 11.2 Å². The Morgan fingerprint density at radius 3 is 2.81 bits per heavy atom. The first-order chi connectivity index (χ1) is 12.5. The predicted molar refractivity (Wildman–Crippen MR) is 104 cm³/mol. The standard InChI is InChI=1S/C16H14Cl2N6OS/c1-9(15(25)21-13-5-4-11(17)7-12(13)18)26-16-23-22-14(24(16)19)10-3-2-6-20-8-10/h2-9H,19H2,1H3,(H,21,25)/t9-/m1/s1. The van der Waals surface area contributed by atoms with Gasteiger partial charge in [-0.25, -0.2) is 4.68 Å². The number of rotatable bonds is 5. The van der Waals surface area contributed by atoms with Crippen molar-refractivity contribution >= 4 is 46.6 Å². The maximum absolute atomic E-state index is 12.4. The molecule has 3 aromatic rings. The zero-order valence-electron chi connectivity index (χ0n) is 13.6. The molecular formula is C16H14Cl2N6OS. The summed E-state index contributed by atoms with van der Waals surface area (Å²) in [4.78, 5) is 16.4. The molecule has 0 unspecified atom stereocenters. The van der Waals surface area contributed by atoms with Crippen molar-refractivity contribution in [3.05, 3.63) is 52.8 Å². The molecule has 3 N–H and O–H groups in total. The number of aromatic nitrogens is 4. The monoisotopic (exact) mass is 408 g/mol. The molecule has 3 rings (SSSR count). The van der Waals surface area contributed by atoms with Gasteiger partial charge in [-0.2, -0.15) is 0 Å². The minimum atomic E-state index is -0.477. The first-order valence-electron chi connectivity index (χ1n) is 7.49. The van der Waals surface area contributed by atoms with Gasteiger partial charge < -0.3 is 11.2 Å². The number of carbonyl (C=O) groups excluding carboxylic acids is 1. The second-order valence-corrected chi connectivity index (χ2v) is 7.44. The summed E-state index contributed by atoms with van der Waals surface area (Å²) < 4.78 is 1.33. The van der Waals surface area contributed by atoms with Gasteiger partial charge >= 0.3 is 0 Å². The smallest absolute Gasteiger partial charge is 0.237 e. The van der Waals surface area contributed by atoms with E-state index in [0.717, 1.165) is 5.56 Å². The van der Waals surface area contributed by atoms with E-state index >= 15 is 0 Å². The average molecular weight is 409 g/mol. The van der Waals surface area contributed by atoms with Gasteiger partial charge in [0.15, 0.2) is 5.82 Å². The SMILES string of the molecule is C[C@@H](Sc1nnc(-c2cccnc2)n1N)C(=O)Nc1ccc(Cl)cc1Cl. The van der Waals surface area contributed by atoms with Crippen LogP contribution in [0.15, 0.2) is 47.9 Å². The maximum atomic E-state index is 12.4. The van der Waals surface area contributed by atoms with E-state index in [4.69, 9.17) is 29.0 Å². The Bertz CT molecular complexity index is 934. The lowest BCUT2D eigenvalue weighted by atomic mass is 10.3. The zero-order valence-corrected chi connectivity index (χ0v) is 15.9. The summed E-state index contributed by atoms with van der Waals surface area (Å²) in [7, 11) is 0. The molecule has 10 heteroatoms. The van der Waals surface area contributed by atoms with Crippen LogP contribution in [0, 0.1) is 0 Å². The molecule has 1 atom stereocenters. The van der Waals surface area contributed by atoms with E-state index in [2.05, 4.69) is 20.5 Å². The largest absolute Gasteiger partial charge is 0.335 e. The molecule has 0 fully saturated rings. The quantitative estimate of drug-likeness (QED) is 0.495. The van der Waals surface area contributed by atoms with Gasteiger partial charge in [0.25, 0.3) is 0 Å². The summed E-state index contributed by atoms with van der Waals surface area (Å²) in [5.41, 5.74) is 1.22. The molecule has 2 aromatic heterocycles. The molecule has 0 saturated carbocycles. The number of nitrogens with zero attached hydrogens (tertiary/aromatic N) is 4. The van der Waals surface area contributed by atoms with Gasteiger partial charge in [0.2, 0.25) is 11.1 Å². The van der Waals surface area contributed by atoms with Crippen molar-refractivity contribution in [1.29, 1.82) is 0 Å². The van der Waals surface area contributed by atoms with E-state index < -0.39 is 5.25 Å². The summed E-state index contributed by atoms with van der Waals surface area (Å²) in [5.74, 6) is 6.27.